The average molecular weight is 278 g/mol. The van der Waals surface area contributed by atoms with Crippen LogP contribution in [0.4, 0.5) is 11.6 Å². The van der Waals surface area contributed by atoms with E-state index in [2.05, 4.69) is 22.0 Å². The summed E-state index contributed by atoms with van der Waals surface area (Å²) in [6.07, 6.45) is 3.82. The summed E-state index contributed by atoms with van der Waals surface area (Å²) in [4.78, 5) is 10.6. The molecule has 0 atom stereocenters. The van der Waals surface area contributed by atoms with E-state index in [1.165, 1.54) is 17.3 Å². The molecular formula is C12H18N6S. The first kappa shape index (κ1) is 13.7. The standard InChI is InChI=1S/C12H18N6S/c1-8-9(6-14-18(8)3)7-17(2)11-5-10(13)15-12(16-11)19-4/h5-6H,7H2,1-4H3,(H2,13,15,16). The van der Waals surface area contributed by atoms with E-state index in [1.54, 1.807) is 6.07 Å². The van der Waals surface area contributed by atoms with Crippen LogP contribution in [-0.2, 0) is 13.6 Å². The molecule has 0 aliphatic carbocycles. The monoisotopic (exact) mass is 278 g/mol. The first-order valence-corrected chi connectivity index (χ1v) is 7.11. The van der Waals surface area contributed by atoms with Crippen molar-refractivity contribution in [3.63, 3.8) is 0 Å². The third kappa shape index (κ3) is 2.98. The highest BCUT2D eigenvalue weighted by molar-refractivity contribution is 7.98. The van der Waals surface area contributed by atoms with E-state index in [0.29, 0.717) is 11.0 Å². The highest BCUT2D eigenvalue weighted by Gasteiger charge is 2.10. The Hall–Kier alpha value is -1.76. The molecule has 0 saturated heterocycles. The lowest BCUT2D eigenvalue weighted by molar-refractivity contribution is 0.736. The molecule has 0 bridgehead atoms. The second-order valence-corrected chi connectivity index (χ2v) is 5.15. The maximum atomic E-state index is 5.79. The van der Waals surface area contributed by atoms with E-state index in [-0.39, 0.29) is 0 Å². The smallest absolute Gasteiger partial charge is 0.191 e. The molecule has 0 radical (unpaired) electrons. The molecule has 2 heterocycles. The van der Waals surface area contributed by atoms with Gasteiger partial charge in [-0.05, 0) is 13.2 Å². The van der Waals surface area contributed by atoms with Gasteiger partial charge in [0.05, 0.1) is 6.20 Å². The maximum absolute atomic E-state index is 5.79. The summed E-state index contributed by atoms with van der Waals surface area (Å²) in [6.45, 7) is 2.79. The van der Waals surface area contributed by atoms with Crippen LogP contribution < -0.4 is 10.6 Å². The zero-order valence-corrected chi connectivity index (χ0v) is 12.4. The van der Waals surface area contributed by atoms with Crippen LogP contribution in [0.3, 0.4) is 0 Å². The molecule has 19 heavy (non-hydrogen) atoms. The number of hydrogen-bond donors (Lipinski definition) is 1. The van der Waals surface area contributed by atoms with Gasteiger partial charge >= 0.3 is 0 Å². The Morgan fingerprint density at radius 2 is 2.16 bits per heavy atom. The van der Waals surface area contributed by atoms with Crippen molar-refractivity contribution in [1.29, 1.82) is 0 Å². The minimum absolute atomic E-state index is 0.490. The van der Waals surface area contributed by atoms with E-state index in [0.717, 1.165) is 18.1 Å². The van der Waals surface area contributed by atoms with Crippen LogP contribution in [0.2, 0.25) is 0 Å². The van der Waals surface area contributed by atoms with E-state index >= 15 is 0 Å². The molecule has 102 valence electrons. The Bertz CT molecular complexity index is 580. The molecule has 7 heteroatoms. The third-order valence-corrected chi connectivity index (χ3v) is 3.58. The molecule has 0 fully saturated rings. The van der Waals surface area contributed by atoms with Crippen molar-refractivity contribution in [2.24, 2.45) is 7.05 Å². The molecule has 2 rings (SSSR count). The summed E-state index contributed by atoms with van der Waals surface area (Å²) in [5, 5.41) is 4.93. The second-order valence-electron chi connectivity index (χ2n) is 4.37. The van der Waals surface area contributed by atoms with E-state index in [1.807, 2.05) is 36.1 Å². The second kappa shape index (κ2) is 5.48. The van der Waals surface area contributed by atoms with Gasteiger partial charge in [-0.3, -0.25) is 4.68 Å². The predicted molar refractivity (Wildman–Crippen MR) is 78.3 cm³/mol. The van der Waals surface area contributed by atoms with Gasteiger partial charge in [-0.15, -0.1) is 0 Å². The third-order valence-electron chi connectivity index (χ3n) is 3.03. The van der Waals surface area contributed by atoms with Gasteiger partial charge in [0.1, 0.15) is 11.6 Å². The lowest BCUT2D eigenvalue weighted by Crippen LogP contribution is -2.19. The Labute approximate surface area is 117 Å². The largest absolute Gasteiger partial charge is 0.383 e. The van der Waals surface area contributed by atoms with Crippen molar-refractivity contribution < 1.29 is 0 Å². The van der Waals surface area contributed by atoms with E-state index < -0.39 is 0 Å². The zero-order valence-electron chi connectivity index (χ0n) is 11.6. The zero-order chi connectivity index (χ0) is 14.0. The number of nitrogens with two attached hydrogens (primary N) is 1. The molecular weight excluding hydrogens is 260 g/mol. The van der Waals surface area contributed by atoms with Crippen LogP contribution in [0, 0.1) is 6.92 Å². The minimum atomic E-state index is 0.490. The van der Waals surface area contributed by atoms with Crippen molar-refractivity contribution in [3.05, 3.63) is 23.5 Å². The highest BCUT2D eigenvalue weighted by Crippen LogP contribution is 2.20. The molecule has 0 amide bonds. The van der Waals surface area contributed by atoms with Crippen molar-refractivity contribution in [1.82, 2.24) is 19.7 Å². The van der Waals surface area contributed by atoms with Crippen molar-refractivity contribution in [3.8, 4) is 0 Å². The molecule has 6 nitrogen and oxygen atoms in total. The summed E-state index contributed by atoms with van der Waals surface area (Å²) < 4.78 is 1.87. The summed E-state index contributed by atoms with van der Waals surface area (Å²) in [6, 6.07) is 1.78. The van der Waals surface area contributed by atoms with Crippen molar-refractivity contribution in [2.75, 3.05) is 23.9 Å². The molecule has 0 unspecified atom stereocenters. The normalized spacial score (nSPS) is 10.7. The lowest BCUT2D eigenvalue weighted by Gasteiger charge is -2.18. The van der Waals surface area contributed by atoms with Crippen LogP contribution in [0.1, 0.15) is 11.3 Å². The molecule has 0 spiro atoms. The van der Waals surface area contributed by atoms with E-state index in [9.17, 15) is 0 Å². The van der Waals surface area contributed by atoms with Gasteiger partial charge in [-0.2, -0.15) is 5.10 Å². The Morgan fingerprint density at radius 1 is 1.42 bits per heavy atom. The van der Waals surface area contributed by atoms with Crippen LogP contribution >= 0.6 is 11.8 Å². The van der Waals surface area contributed by atoms with Crippen molar-refractivity contribution >= 4 is 23.4 Å². The minimum Gasteiger partial charge on any atom is -0.383 e. The maximum Gasteiger partial charge on any atom is 0.191 e. The number of aromatic nitrogens is 4. The quantitative estimate of drug-likeness (QED) is 0.674. The first-order valence-electron chi connectivity index (χ1n) is 5.88. The van der Waals surface area contributed by atoms with Crippen LogP contribution in [0.5, 0.6) is 0 Å². The number of hydrogen-bond acceptors (Lipinski definition) is 6. The van der Waals surface area contributed by atoms with Gasteiger partial charge in [0.2, 0.25) is 0 Å². The van der Waals surface area contributed by atoms with Gasteiger partial charge in [-0.25, -0.2) is 9.97 Å². The Balaban J connectivity index is 2.22. The average Bonchev–Trinajstić information content (AvgIpc) is 2.70. The highest BCUT2D eigenvalue weighted by atomic mass is 32.2. The van der Waals surface area contributed by atoms with Gasteiger partial charge in [0.15, 0.2) is 5.16 Å². The van der Waals surface area contributed by atoms with Gasteiger partial charge in [0.25, 0.3) is 0 Å². The van der Waals surface area contributed by atoms with Crippen LogP contribution in [0.25, 0.3) is 0 Å². The molecule has 0 aliphatic heterocycles. The molecule has 2 aromatic heterocycles. The number of thioether (sulfide) groups is 1. The number of nitrogen functional groups attached to an aromatic ring is 1. The lowest BCUT2D eigenvalue weighted by atomic mass is 10.2. The Kier molecular flexibility index (Phi) is 3.94. The van der Waals surface area contributed by atoms with Crippen molar-refractivity contribution in [2.45, 2.75) is 18.6 Å². The summed E-state index contributed by atoms with van der Waals surface area (Å²) in [7, 11) is 3.92. The van der Waals surface area contributed by atoms with Gasteiger partial charge in [-0.1, -0.05) is 11.8 Å². The molecule has 0 saturated carbocycles. The molecule has 2 aromatic rings. The van der Waals surface area contributed by atoms with Crippen LogP contribution in [-0.4, -0.2) is 33.1 Å². The SMILES string of the molecule is CSc1nc(N)cc(N(C)Cc2cnn(C)c2C)n1. The molecule has 0 aromatic carbocycles. The fourth-order valence-corrected chi connectivity index (χ4v) is 2.13. The summed E-state index contributed by atoms with van der Waals surface area (Å²) >= 11 is 1.48. The number of nitrogens with zero attached hydrogens (tertiary/aromatic N) is 5. The van der Waals surface area contributed by atoms with Crippen LogP contribution in [0.15, 0.2) is 17.4 Å². The van der Waals surface area contributed by atoms with Gasteiger partial charge in [0, 0.05) is 38.0 Å². The number of aryl methyl sites for hydroxylation is 1. The summed E-state index contributed by atoms with van der Waals surface area (Å²) in [5.74, 6) is 1.31. The molecule has 0 aliphatic rings. The topological polar surface area (TPSA) is 72.9 Å². The van der Waals surface area contributed by atoms with E-state index in [4.69, 9.17) is 5.73 Å². The predicted octanol–water partition coefficient (Wildman–Crippen LogP) is 1.46. The van der Waals surface area contributed by atoms with Gasteiger partial charge < -0.3 is 10.6 Å². The fourth-order valence-electron chi connectivity index (χ4n) is 1.75. The first-order chi connectivity index (χ1) is 9.01. The Morgan fingerprint density at radius 3 is 2.74 bits per heavy atom. The fraction of sp³-hybridized carbons (Fsp3) is 0.417. The summed E-state index contributed by atoms with van der Waals surface area (Å²) in [5.41, 5.74) is 8.12. The number of rotatable bonds is 4. The number of anilines is 2. The molecule has 2 N–H and O–H groups in total.